The van der Waals surface area contributed by atoms with E-state index in [4.69, 9.17) is 0 Å². The van der Waals surface area contributed by atoms with E-state index < -0.39 is 17.8 Å². The summed E-state index contributed by atoms with van der Waals surface area (Å²) in [5, 5.41) is 15.5. The zero-order chi connectivity index (χ0) is 23.2. The lowest BCUT2D eigenvalue weighted by atomic mass is 10.0. The van der Waals surface area contributed by atoms with Gasteiger partial charge in [0.25, 0.3) is 0 Å². The van der Waals surface area contributed by atoms with Crippen molar-refractivity contribution < 1.29 is 23.1 Å². The molecular weight excluding hydrogens is 435 g/mol. The van der Waals surface area contributed by atoms with Crippen molar-refractivity contribution in [3.8, 4) is 11.4 Å². The first kappa shape index (κ1) is 20.8. The van der Waals surface area contributed by atoms with Crippen LogP contribution < -0.4 is 0 Å². The fourth-order valence-electron chi connectivity index (χ4n) is 3.61. The van der Waals surface area contributed by atoms with E-state index in [1.165, 1.54) is 17.2 Å². The Labute approximate surface area is 185 Å². The second-order valence-corrected chi connectivity index (χ2v) is 7.74. The predicted molar refractivity (Wildman–Crippen MR) is 114 cm³/mol. The second-order valence-electron chi connectivity index (χ2n) is 7.74. The third-order valence-corrected chi connectivity index (χ3v) is 5.36. The molecule has 1 aromatic carbocycles. The smallest absolute Gasteiger partial charge is 0.433 e. The summed E-state index contributed by atoms with van der Waals surface area (Å²) in [7, 11) is 0. The van der Waals surface area contributed by atoms with Crippen molar-refractivity contribution in [1.29, 1.82) is 0 Å². The molecule has 1 N–H and O–H groups in total. The van der Waals surface area contributed by atoms with Gasteiger partial charge < -0.3 is 5.11 Å². The number of carboxylic acid groups (broad SMARTS) is 1. The minimum absolute atomic E-state index is 0.00694. The molecule has 1 saturated carbocycles. The van der Waals surface area contributed by atoms with Gasteiger partial charge in [0.2, 0.25) is 0 Å². The van der Waals surface area contributed by atoms with Gasteiger partial charge in [0.05, 0.1) is 5.57 Å². The number of aromatic nitrogens is 5. The standard InChI is InChI=1S/C23H16F3N5O2/c24-23(25,26)20-9-15(8-19(29-20)13-4-5-13)21-28-12-31(30-21)11-18(22(32)33)17-3-1-2-14-10-27-7-6-16(14)17/h1-3,6-13H,4-5H2,(H,32,33)/b18-11+. The molecule has 0 aliphatic heterocycles. The highest BCUT2D eigenvalue weighted by molar-refractivity contribution is 6.22. The summed E-state index contributed by atoms with van der Waals surface area (Å²) in [5.74, 6) is -1.13. The molecular formula is C23H16F3N5O2. The first-order valence-electron chi connectivity index (χ1n) is 10.1. The maximum atomic E-state index is 13.3. The third kappa shape index (κ3) is 4.19. The van der Waals surface area contributed by atoms with Gasteiger partial charge in [0.1, 0.15) is 12.0 Å². The van der Waals surface area contributed by atoms with Gasteiger partial charge in [-0.3, -0.25) is 4.98 Å². The van der Waals surface area contributed by atoms with E-state index in [1.54, 1.807) is 36.7 Å². The van der Waals surface area contributed by atoms with Crippen molar-refractivity contribution in [3.05, 3.63) is 72.1 Å². The van der Waals surface area contributed by atoms with Crippen LogP contribution in [0.1, 0.15) is 35.7 Å². The minimum atomic E-state index is -4.60. The lowest BCUT2D eigenvalue weighted by molar-refractivity contribution is -0.141. The Morgan fingerprint density at radius 2 is 2.00 bits per heavy atom. The first-order chi connectivity index (χ1) is 15.8. The number of halogens is 3. The summed E-state index contributed by atoms with van der Waals surface area (Å²) in [4.78, 5) is 23.9. The van der Waals surface area contributed by atoms with E-state index in [1.807, 2.05) is 6.07 Å². The first-order valence-corrected chi connectivity index (χ1v) is 10.1. The van der Waals surface area contributed by atoms with E-state index in [2.05, 4.69) is 20.1 Å². The normalized spacial score (nSPS) is 14.6. The van der Waals surface area contributed by atoms with Crippen LogP contribution >= 0.6 is 0 Å². The maximum Gasteiger partial charge on any atom is 0.433 e. The van der Waals surface area contributed by atoms with E-state index >= 15 is 0 Å². The molecule has 1 aliphatic rings. The molecule has 1 fully saturated rings. The summed E-state index contributed by atoms with van der Waals surface area (Å²) in [6, 6.07) is 9.39. The van der Waals surface area contributed by atoms with E-state index in [0.717, 1.165) is 24.3 Å². The van der Waals surface area contributed by atoms with Crippen LogP contribution in [0.3, 0.4) is 0 Å². The number of carboxylic acids is 1. The molecule has 33 heavy (non-hydrogen) atoms. The van der Waals surface area contributed by atoms with E-state index in [0.29, 0.717) is 16.6 Å². The van der Waals surface area contributed by atoms with Crippen LogP contribution in [0.4, 0.5) is 13.2 Å². The Balaban J connectivity index is 1.57. The van der Waals surface area contributed by atoms with E-state index in [9.17, 15) is 23.1 Å². The highest BCUT2D eigenvalue weighted by Crippen LogP contribution is 2.41. The largest absolute Gasteiger partial charge is 0.478 e. The molecule has 0 saturated heterocycles. The maximum absolute atomic E-state index is 13.3. The molecule has 1 aliphatic carbocycles. The molecule has 0 atom stereocenters. The molecule has 3 heterocycles. The number of pyridine rings is 2. The van der Waals surface area contributed by atoms with Crippen LogP contribution in [0.15, 0.2) is 55.1 Å². The van der Waals surface area contributed by atoms with Crippen molar-refractivity contribution in [2.24, 2.45) is 0 Å². The van der Waals surface area contributed by atoms with Crippen LogP contribution in [0.25, 0.3) is 33.9 Å². The summed E-state index contributed by atoms with van der Waals surface area (Å²) < 4.78 is 41.2. The molecule has 10 heteroatoms. The average Bonchev–Trinajstić information content (AvgIpc) is 3.54. The molecule has 0 spiro atoms. The number of aliphatic carboxylic acids is 1. The highest BCUT2D eigenvalue weighted by atomic mass is 19.4. The van der Waals surface area contributed by atoms with Crippen molar-refractivity contribution in [2.75, 3.05) is 0 Å². The van der Waals surface area contributed by atoms with Gasteiger partial charge in [-0.15, -0.1) is 5.10 Å². The molecule has 3 aromatic heterocycles. The monoisotopic (exact) mass is 451 g/mol. The SMILES string of the molecule is O=C(O)/C(=C/n1cnc(-c2cc(C3CC3)nc(C(F)(F)F)c2)n1)c1cccc2cnccc12. The van der Waals surface area contributed by atoms with Crippen LogP contribution in [0.2, 0.25) is 0 Å². The zero-order valence-electron chi connectivity index (χ0n) is 17.0. The lowest BCUT2D eigenvalue weighted by Gasteiger charge is -2.09. The number of alkyl halides is 3. The zero-order valence-corrected chi connectivity index (χ0v) is 17.0. The molecule has 0 amide bonds. The van der Waals surface area contributed by atoms with Gasteiger partial charge >= 0.3 is 12.1 Å². The fourth-order valence-corrected chi connectivity index (χ4v) is 3.61. The van der Waals surface area contributed by atoms with Gasteiger partial charge in [0, 0.05) is 41.2 Å². The van der Waals surface area contributed by atoms with Crippen LogP contribution in [-0.2, 0) is 11.0 Å². The van der Waals surface area contributed by atoms with Crippen LogP contribution in [-0.4, -0.2) is 35.8 Å². The van der Waals surface area contributed by atoms with Crippen molar-refractivity contribution in [2.45, 2.75) is 24.9 Å². The molecule has 5 rings (SSSR count). The van der Waals surface area contributed by atoms with Crippen molar-refractivity contribution >= 4 is 28.5 Å². The van der Waals surface area contributed by atoms with E-state index in [-0.39, 0.29) is 22.9 Å². The molecule has 0 bridgehead atoms. The Kier molecular flexibility index (Phi) is 4.92. The Morgan fingerprint density at radius 1 is 1.18 bits per heavy atom. The van der Waals surface area contributed by atoms with Crippen LogP contribution in [0.5, 0.6) is 0 Å². The van der Waals surface area contributed by atoms with Gasteiger partial charge in [-0.2, -0.15) is 13.2 Å². The molecule has 7 nitrogen and oxygen atoms in total. The Bertz CT molecular complexity index is 1400. The predicted octanol–water partition coefficient (Wildman–Crippen LogP) is 4.87. The van der Waals surface area contributed by atoms with Crippen LogP contribution in [0, 0.1) is 0 Å². The summed E-state index contributed by atoms with van der Waals surface area (Å²) >= 11 is 0. The van der Waals surface area contributed by atoms with Crippen molar-refractivity contribution in [1.82, 2.24) is 24.7 Å². The number of rotatable bonds is 5. The topological polar surface area (TPSA) is 93.8 Å². The number of fused-ring (bicyclic) bond motifs is 1. The number of carbonyl (C=O) groups is 1. The quantitative estimate of drug-likeness (QED) is 0.435. The highest BCUT2D eigenvalue weighted by Gasteiger charge is 2.35. The van der Waals surface area contributed by atoms with Gasteiger partial charge in [-0.05, 0) is 42.0 Å². The molecule has 0 unspecified atom stereocenters. The van der Waals surface area contributed by atoms with Crippen molar-refractivity contribution in [3.63, 3.8) is 0 Å². The fraction of sp³-hybridized carbons (Fsp3) is 0.174. The summed E-state index contributed by atoms with van der Waals surface area (Å²) in [6.07, 6.45) is 2.73. The number of hydrogen-bond acceptors (Lipinski definition) is 5. The molecule has 0 radical (unpaired) electrons. The summed E-state index contributed by atoms with van der Waals surface area (Å²) in [5.41, 5.74) is -0.0439. The number of hydrogen-bond donors (Lipinski definition) is 1. The molecule has 4 aromatic rings. The van der Waals surface area contributed by atoms with Gasteiger partial charge in [-0.25, -0.2) is 19.4 Å². The average molecular weight is 451 g/mol. The second kappa shape index (κ2) is 7.80. The molecule has 166 valence electrons. The minimum Gasteiger partial charge on any atom is -0.478 e. The van der Waals surface area contributed by atoms with Gasteiger partial charge in [0.15, 0.2) is 5.82 Å². The lowest BCUT2D eigenvalue weighted by Crippen LogP contribution is -2.10. The number of nitrogens with zero attached hydrogens (tertiary/aromatic N) is 5. The summed E-state index contributed by atoms with van der Waals surface area (Å²) in [6.45, 7) is 0. The Hall–Kier alpha value is -4.08. The number of benzene rings is 1. The van der Waals surface area contributed by atoms with Gasteiger partial charge in [-0.1, -0.05) is 18.2 Å². The third-order valence-electron chi connectivity index (χ3n) is 5.36. The Morgan fingerprint density at radius 3 is 2.73 bits per heavy atom.